The highest BCUT2D eigenvalue weighted by atomic mass is 15.0. The fraction of sp³-hybridized carbons (Fsp3) is 0.0698. The Balaban J connectivity index is 1.41. The zero-order valence-electron chi connectivity index (χ0n) is 25.4. The number of nitrogens with zero attached hydrogens (tertiary/aromatic N) is 2. The van der Waals surface area contributed by atoms with Gasteiger partial charge in [-0.2, -0.15) is 0 Å². The van der Waals surface area contributed by atoms with E-state index in [-0.39, 0.29) is 12.3 Å². The highest BCUT2D eigenvalue weighted by Gasteiger charge is 2.48. The van der Waals surface area contributed by atoms with Crippen LogP contribution in [0.5, 0.6) is 0 Å². The molecule has 0 saturated carbocycles. The van der Waals surface area contributed by atoms with E-state index in [1.54, 1.807) is 0 Å². The third-order valence-corrected chi connectivity index (χ3v) is 12.1. The summed E-state index contributed by atoms with van der Waals surface area (Å²) in [6.45, 7) is 4.98. The van der Waals surface area contributed by atoms with Gasteiger partial charge in [0.25, 0.3) is 0 Å². The zero-order chi connectivity index (χ0) is 29.8. The molecule has 0 amide bonds. The molecule has 1 aliphatic carbocycles. The lowest BCUT2D eigenvalue weighted by Gasteiger charge is -2.34. The van der Waals surface area contributed by atoms with E-state index in [9.17, 15) is 0 Å². The molecule has 3 aliphatic rings. The van der Waals surface area contributed by atoms with Gasteiger partial charge in [-0.1, -0.05) is 129 Å². The van der Waals surface area contributed by atoms with E-state index >= 15 is 0 Å². The maximum Gasteiger partial charge on any atom is 0.333 e. The molecule has 210 valence electrons. The van der Waals surface area contributed by atoms with Crippen LogP contribution in [0.25, 0.3) is 92.9 Å². The first kappa shape index (κ1) is 22.9. The second-order valence-corrected chi connectivity index (χ2v) is 14.4. The van der Waals surface area contributed by atoms with E-state index in [1.807, 2.05) is 0 Å². The van der Waals surface area contributed by atoms with Gasteiger partial charge in [0.05, 0.1) is 16.6 Å². The van der Waals surface area contributed by atoms with Crippen molar-refractivity contribution in [1.29, 1.82) is 0 Å². The summed E-state index contributed by atoms with van der Waals surface area (Å²) in [6, 6.07) is 44.0. The van der Waals surface area contributed by atoms with Crippen LogP contribution in [0.2, 0.25) is 0 Å². The SMILES string of the molecule is CC1(C)c2ccccc2-c2c3c4c5c(c21)c1cccc2c6cccc(c6n5c21)B4n1c2c-3cccc2c2ccc3ccccc3c21. The van der Waals surface area contributed by atoms with E-state index in [0.29, 0.717) is 0 Å². The first-order chi connectivity index (χ1) is 22.6. The molecule has 0 unspecified atom stereocenters. The molecule has 0 radical (unpaired) electrons. The molecule has 2 aliphatic heterocycles. The molecule has 3 aromatic heterocycles. The average molecular weight is 580 g/mol. The summed E-state index contributed by atoms with van der Waals surface area (Å²) in [5, 5.41) is 10.9. The van der Waals surface area contributed by atoms with Crippen LogP contribution in [0.15, 0.2) is 115 Å². The Bertz CT molecular complexity index is 3120. The minimum absolute atomic E-state index is 0.0696. The topological polar surface area (TPSA) is 9.34 Å². The Hall–Kier alpha value is -5.54. The van der Waals surface area contributed by atoms with Crippen LogP contribution >= 0.6 is 0 Å². The number of hydrogen-bond donors (Lipinski definition) is 0. The maximum atomic E-state index is 2.75. The minimum Gasteiger partial charge on any atom is -0.375 e. The van der Waals surface area contributed by atoms with E-state index in [2.05, 4.69) is 138 Å². The predicted molar refractivity (Wildman–Crippen MR) is 195 cm³/mol. The van der Waals surface area contributed by atoms with Crippen molar-refractivity contribution in [2.75, 3.05) is 0 Å². The molecule has 2 nitrogen and oxygen atoms in total. The van der Waals surface area contributed by atoms with Crippen LogP contribution < -0.4 is 10.9 Å². The second kappa shape index (κ2) is 6.98. The Morgan fingerprint density at radius 1 is 0.500 bits per heavy atom. The molecule has 0 saturated heterocycles. The first-order valence-electron chi connectivity index (χ1n) is 16.5. The van der Waals surface area contributed by atoms with Crippen LogP contribution in [0.3, 0.4) is 0 Å². The van der Waals surface area contributed by atoms with Gasteiger partial charge in [-0.15, -0.1) is 0 Å². The van der Waals surface area contributed by atoms with Crippen molar-refractivity contribution in [3.05, 3.63) is 126 Å². The van der Waals surface area contributed by atoms with Crippen molar-refractivity contribution in [2.24, 2.45) is 0 Å². The number of rotatable bonds is 0. The first-order valence-corrected chi connectivity index (χ1v) is 16.5. The van der Waals surface area contributed by atoms with Crippen molar-refractivity contribution in [3.8, 4) is 22.3 Å². The van der Waals surface area contributed by atoms with Gasteiger partial charge in [-0.25, -0.2) is 0 Å². The molecule has 3 heteroatoms. The molecule has 7 aromatic carbocycles. The molecule has 0 bridgehead atoms. The summed E-state index contributed by atoms with van der Waals surface area (Å²) >= 11 is 0. The Morgan fingerprint density at radius 2 is 1.17 bits per heavy atom. The lowest BCUT2D eigenvalue weighted by Crippen LogP contribution is -2.54. The number of para-hydroxylation sites is 3. The summed E-state index contributed by atoms with van der Waals surface area (Å²) < 4.78 is 5.42. The lowest BCUT2D eigenvalue weighted by atomic mass is 9.45. The quantitative estimate of drug-likeness (QED) is 0.158. The fourth-order valence-corrected chi connectivity index (χ4v) is 10.6. The number of hydrogen-bond acceptors (Lipinski definition) is 0. The zero-order valence-corrected chi connectivity index (χ0v) is 25.4. The van der Waals surface area contributed by atoms with Gasteiger partial charge in [0.1, 0.15) is 0 Å². The van der Waals surface area contributed by atoms with Gasteiger partial charge in [-0.05, 0) is 44.1 Å². The fourth-order valence-electron chi connectivity index (χ4n) is 10.6. The van der Waals surface area contributed by atoms with Crippen LogP contribution in [-0.2, 0) is 5.41 Å². The van der Waals surface area contributed by atoms with Crippen molar-refractivity contribution < 1.29 is 0 Å². The molecule has 0 atom stereocenters. The standard InChI is InChI=1S/C43H25BN2/c1-43(2)31-18-6-5-12-28(31)33-34-29-16-8-14-25-27-21-20-22-10-3-4-11-23(22)39(27)46(40(25)29)44-32-19-9-15-26-24-13-7-17-30-35(36(33)43)42(37(34)44)45(38(24)30)41(26)32/h3-21H,1-2H3. The molecule has 46 heavy (non-hydrogen) atoms. The van der Waals surface area contributed by atoms with Crippen molar-refractivity contribution in [3.63, 3.8) is 0 Å². The Morgan fingerprint density at radius 3 is 2.09 bits per heavy atom. The van der Waals surface area contributed by atoms with Gasteiger partial charge >= 0.3 is 6.85 Å². The molecule has 10 aromatic rings. The third-order valence-electron chi connectivity index (χ3n) is 12.1. The van der Waals surface area contributed by atoms with Gasteiger partial charge in [0, 0.05) is 59.7 Å². The lowest BCUT2D eigenvalue weighted by molar-refractivity contribution is 0.667. The Labute approximate surface area is 264 Å². The molecular weight excluding hydrogens is 555 g/mol. The second-order valence-electron chi connectivity index (χ2n) is 14.4. The number of fused-ring (bicyclic) bond motifs is 15. The van der Waals surface area contributed by atoms with E-state index in [1.165, 1.54) is 115 Å². The largest absolute Gasteiger partial charge is 0.375 e. The number of benzene rings is 7. The summed E-state index contributed by atoms with van der Waals surface area (Å²) in [5.74, 6) is 0. The monoisotopic (exact) mass is 580 g/mol. The van der Waals surface area contributed by atoms with Crippen LogP contribution in [0.1, 0.15) is 25.0 Å². The van der Waals surface area contributed by atoms with E-state index in [4.69, 9.17) is 0 Å². The summed E-state index contributed by atoms with van der Waals surface area (Å²) in [6.07, 6.45) is 0. The normalized spacial score (nSPS) is 15.3. The molecule has 5 heterocycles. The van der Waals surface area contributed by atoms with E-state index < -0.39 is 0 Å². The number of aromatic nitrogens is 2. The van der Waals surface area contributed by atoms with Crippen molar-refractivity contribution in [2.45, 2.75) is 19.3 Å². The van der Waals surface area contributed by atoms with Crippen LogP contribution in [0, 0.1) is 0 Å². The summed E-state index contributed by atoms with van der Waals surface area (Å²) in [7, 11) is 0. The highest BCUT2D eigenvalue weighted by Crippen LogP contribution is 2.58. The minimum atomic E-state index is -0.126. The van der Waals surface area contributed by atoms with Crippen LogP contribution in [0.4, 0.5) is 0 Å². The highest BCUT2D eigenvalue weighted by molar-refractivity contribution is 6.91. The smallest absolute Gasteiger partial charge is 0.333 e. The average Bonchev–Trinajstić information content (AvgIpc) is 3.80. The summed E-state index contributed by atoms with van der Waals surface area (Å²) in [4.78, 5) is 0. The van der Waals surface area contributed by atoms with Gasteiger partial charge in [0.2, 0.25) is 0 Å². The molecule has 13 rings (SSSR count). The molecule has 0 N–H and O–H groups in total. The Kier molecular flexibility index (Phi) is 3.47. The van der Waals surface area contributed by atoms with Crippen LogP contribution in [-0.4, -0.2) is 15.7 Å². The maximum absolute atomic E-state index is 2.75. The van der Waals surface area contributed by atoms with Gasteiger partial charge < -0.3 is 8.88 Å². The van der Waals surface area contributed by atoms with Crippen molar-refractivity contribution >= 4 is 88.4 Å². The van der Waals surface area contributed by atoms with E-state index in [0.717, 1.165) is 0 Å². The molecule has 0 fully saturated rings. The summed E-state index contributed by atoms with van der Waals surface area (Å²) in [5.41, 5.74) is 18.3. The molecule has 0 spiro atoms. The molecular formula is C43H25BN2. The third kappa shape index (κ3) is 2.12. The predicted octanol–water partition coefficient (Wildman–Crippen LogP) is 9.35. The van der Waals surface area contributed by atoms with Gasteiger partial charge in [0.15, 0.2) is 0 Å². The van der Waals surface area contributed by atoms with Crippen molar-refractivity contribution in [1.82, 2.24) is 8.88 Å². The van der Waals surface area contributed by atoms with Gasteiger partial charge in [-0.3, -0.25) is 0 Å².